The molecule has 0 saturated heterocycles. The minimum atomic E-state index is 0.621. The van der Waals surface area contributed by atoms with Crippen molar-refractivity contribution in [1.29, 1.82) is 5.26 Å². The minimum Gasteiger partial charge on any atom is -0.497 e. The molecule has 0 atom stereocenters. The van der Waals surface area contributed by atoms with E-state index in [1.54, 1.807) is 19.4 Å². The number of fused-ring (bicyclic) bond motifs is 2. The number of aromatic amines is 1. The third-order valence-electron chi connectivity index (χ3n) is 4.14. The van der Waals surface area contributed by atoms with Crippen LogP contribution in [-0.4, -0.2) is 21.6 Å². The molecule has 5 heteroatoms. The Balaban J connectivity index is 2.01. The Morgan fingerprint density at radius 2 is 2.09 bits per heavy atom. The standard InChI is InChI=1S/C18H14N4O/c1-22-10-15(14-7-12(23-2)3-4-17(14)22)16-8-13-11(9-19)5-6-20-18(13)21-16/h3-8,10H,1-2H3,(H,20,21). The van der Waals surface area contributed by atoms with Gasteiger partial charge in [0.2, 0.25) is 0 Å². The molecule has 0 unspecified atom stereocenters. The molecule has 0 aliphatic carbocycles. The number of pyridine rings is 1. The molecule has 5 nitrogen and oxygen atoms in total. The maximum Gasteiger partial charge on any atom is 0.139 e. The van der Waals surface area contributed by atoms with Crippen LogP contribution in [0.5, 0.6) is 5.75 Å². The largest absolute Gasteiger partial charge is 0.497 e. The van der Waals surface area contributed by atoms with Gasteiger partial charge in [0.1, 0.15) is 11.4 Å². The average Bonchev–Trinajstić information content (AvgIpc) is 3.15. The van der Waals surface area contributed by atoms with Crippen LogP contribution in [0.25, 0.3) is 33.2 Å². The number of aryl methyl sites for hydroxylation is 1. The Kier molecular flexibility index (Phi) is 2.85. The van der Waals surface area contributed by atoms with Crippen molar-refractivity contribution >= 4 is 21.9 Å². The molecule has 0 bridgehead atoms. The summed E-state index contributed by atoms with van der Waals surface area (Å²) in [6.07, 6.45) is 3.72. The highest BCUT2D eigenvalue weighted by Crippen LogP contribution is 2.34. The van der Waals surface area contributed by atoms with E-state index in [-0.39, 0.29) is 0 Å². The third-order valence-corrected chi connectivity index (χ3v) is 4.14. The van der Waals surface area contributed by atoms with E-state index in [1.807, 2.05) is 31.3 Å². The molecule has 0 aliphatic heterocycles. The van der Waals surface area contributed by atoms with E-state index < -0.39 is 0 Å². The summed E-state index contributed by atoms with van der Waals surface area (Å²) >= 11 is 0. The SMILES string of the molecule is COc1ccc2c(c1)c(-c1cc3c(C#N)ccnc3[nH]1)cn2C. The summed E-state index contributed by atoms with van der Waals surface area (Å²) < 4.78 is 7.42. The first-order valence-electron chi connectivity index (χ1n) is 7.22. The van der Waals surface area contributed by atoms with Crippen molar-refractivity contribution in [3.8, 4) is 23.1 Å². The first-order valence-corrected chi connectivity index (χ1v) is 7.22. The van der Waals surface area contributed by atoms with E-state index in [0.717, 1.165) is 38.9 Å². The first kappa shape index (κ1) is 13.4. The number of rotatable bonds is 2. The molecule has 3 aromatic heterocycles. The number of hydrogen-bond donors (Lipinski definition) is 1. The molecule has 23 heavy (non-hydrogen) atoms. The molecule has 1 N–H and O–H groups in total. The van der Waals surface area contributed by atoms with Crippen LogP contribution >= 0.6 is 0 Å². The first-order chi connectivity index (χ1) is 11.2. The Bertz CT molecular complexity index is 1080. The molecule has 0 radical (unpaired) electrons. The van der Waals surface area contributed by atoms with Crippen LogP contribution in [0.4, 0.5) is 0 Å². The minimum absolute atomic E-state index is 0.621. The number of hydrogen-bond acceptors (Lipinski definition) is 3. The molecule has 0 spiro atoms. The smallest absolute Gasteiger partial charge is 0.139 e. The zero-order valence-corrected chi connectivity index (χ0v) is 12.8. The number of nitrogens with one attached hydrogen (secondary N) is 1. The lowest BCUT2D eigenvalue weighted by Crippen LogP contribution is -1.84. The number of benzene rings is 1. The summed E-state index contributed by atoms with van der Waals surface area (Å²) in [6.45, 7) is 0. The van der Waals surface area contributed by atoms with E-state index in [9.17, 15) is 5.26 Å². The maximum absolute atomic E-state index is 9.25. The highest BCUT2D eigenvalue weighted by atomic mass is 16.5. The summed E-state index contributed by atoms with van der Waals surface area (Å²) in [5, 5.41) is 11.2. The molecule has 1 aromatic carbocycles. The van der Waals surface area contributed by atoms with E-state index in [0.29, 0.717) is 5.56 Å². The van der Waals surface area contributed by atoms with Crippen LogP contribution in [0, 0.1) is 11.3 Å². The normalized spacial score (nSPS) is 11.0. The van der Waals surface area contributed by atoms with Crippen molar-refractivity contribution in [2.24, 2.45) is 7.05 Å². The monoisotopic (exact) mass is 302 g/mol. The lowest BCUT2D eigenvalue weighted by atomic mass is 10.1. The van der Waals surface area contributed by atoms with Crippen LogP contribution in [0.15, 0.2) is 42.7 Å². The van der Waals surface area contributed by atoms with Gasteiger partial charge in [0.15, 0.2) is 0 Å². The number of aromatic nitrogens is 3. The van der Waals surface area contributed by atoms with Crippen LogP contribution in [-0.2, 0) is 7.05 Å². The van der Waals surface area contributed by atoms with E-state index in [2.05, 4.69) is 26.8 Å². The molecule has 0 amide bonds. The Labute approximate surface area is 132 Å². The van der Waals surface area contributed by atoms with Gasteiger partial charge >= 0.3 is 0 Å². The second-order valence-corrected chi connectivity index (χ2v) is 5.45. The molecular formula is C18H14N4O. The van der Waals surface area contributed by atoms with Gasteiger partial charge < -0.3 is 14.3 Å². The quantitative estimate of drug-likeness (QED) is 0.615. The molecule has 4 rings (SSSR count). The fourth-order valence-electron chi connectivity index (χ4n) is 2.98. The average molecular weight is 302 g/mol. The molecule has 4 aromatic rings. The molecule has 0 fully saturated rings. The summed E-state index contributed by atoms with van der Waals surface area (Å²) in [7, 11) is 3.68. The van der Waals surface area contributed by atoms with Gasteiger partial charge in [-0.25, -0.2) is 4.98 Å². The predicted octanol–water partition coefficient (Wildman–Crippen LogP) is 3.60. The highest BCUT2D eigenvalue weighted by Gasteiger charge is 2.13. The van der Waals surface area contributed by atoms with Gasteiger partial charge in [-0.2, -0.15) is 5.26 Å². The molecule has 112 valence electrons. The van der Waals surface area contributed by atoms with Crippen molar-refractivity contribution in [3.05, 3.63) is 48.3 Å². The van der Waals surface area contributed by atoms with Gasteiger partial charge in [0, 0.05) is 47.0 Å². The van der Waals surface area contributed by atoms with E-state index in [4.69, 9.17) is 4.74 Å². The van der Waals surface area contributed by atoms with Crippen LogP contribution in [0.1, 0.15) is 5.56 Å². The number of nitriles is 1. The second-order valence-electron chi connectivity index (χ2n) is 5.45. The van der Waals surface area contributed by atoms with Crippen molar-refractivity contribution in [2.45, 2.75) is 0 Å². The summed E-state index contributed by atoms with van der Waals surface area (Å²) in [5.74, 6) is 0.817. The molecule has 0 saturated carbocycles. The summed E-state index contributed by atoms with van der Waals surface area (Å²) in [5.41, 5.74) is 4.46. The zero-order valence-electron chi connectivity index (χ0n) is 12.8. The fourth-order valence-corrected chi connectivity index (χ4v) is 2.98. The Hall–Kier alpha value is -3.26. The van der Waals surface area contributed by atoms with Gasteiger partial charge in [-0.3, -0.25) is 0 Å². The second kappa shape index (κ2) is 4.89. The topological polar surface area (TPSA) is 66.6 Å². The van der Waals surface area contributed by atoms with Crippen molar-refractivity contribution in [1.82, 2.24) is 14.5 Å². The zero-order chi connectivity index (χ0) is 16.0. The number of ether oxygens (including phenoxy) is 1. The van der Waals surface area contributed by atoms with Gasteiger partial charge in [0.05, 0.1) is 18.7 Å². The number of methoxy groups -OCH3 is 1. The van der Waals surface area contributed by atoms with Gasteiger partial charge in [-0.05, 0) is 30.3 Å². The van der Waals surface area contributed by atoms with Crippen molar-refractivity contribution in [3.63, 3.8) is 0 Å². The van der Waals surface area contributed by atoms with Crippen LogP contribution < -0.4 is 4.74 Å². The lowest BCUT2D eigenvalue weighted by molar-refractivity contribution is 0.415. The van der Waals surface area contributed by atoms with Gasteiger partial charge in [-0.1, -0.05) is 0 Å². The van der Waals surface area contributed by atoms with Crippen LogP contribution in [0.2, 0.25) is 0 Å². The highest BCUT2D eigenvalue weighted by molar-refractivity contribution is 5.99. The maximum atomic E-state index is 9.25. The van der Waals surface area contributed by atoms with Gasteiger partial charge in [-0.15, -0.1) is 0 Å². The number of H-pyrrole nitrogens is 1. The van der Waals surface area contributed by atoms with Crippen LogP contribution in [0.3, 0.4) is 0 Å². The van der Waals surface area contributed by atoms with E-state index >= 15 is 0 Å². The van der Waals surface area contributed by atoms with Gasteiger partial charge in [0.25, 0.3) is 0 Å². The molecular weight excluding hydrogens is 288 g/mol. The van der Waals surface area contributed by atoms with Crippen molar-refractivity contribution in [2.75, 3.05) is 7.11 Å². The number of nitrogens with zero attached hydrogens (tertiary/aromatic N) is 3. The summed E-state index contributed by atoms with van der Waals surface area (Å²) in [4.78, 5) is 7.63. The molecule has 0 aliphatic rings. The molecule has 3 heterocycles. The predicted molar refractivity (Wildman–Crippen MR) is 89.3 cm³/mol. The third kappa shape index (κ3) is 1.96. The van der Waals surface area contributed by atoms with E-state index in [1.165, 1.54) is 0 Å². The Morgan fingerprint density at radius 1 is 1.22 bits per heavy atom. The van der Waals surface area contributed by atoms with Crippen molar-refractivity contribution < 1.29 is 4.74 Å². The Morgan fingerprint density at radius 3 is 2.87 bits per heavy atom. The summed E-state index contributed by atoms with van der Waals surface area (Å²) in [6, 6.07) is 11.9. The fraction of sp³-hybridized carbons (Fsp3) is 0.111. The lowest BCUT2D eigenvalue weighted by Gasteiger charge is -2.01.